The topological polar surface area (TPSA) is 76.0 Å². The second-order valence-electron chi connectivity index (χ2n) is 5.54. The number of anilines is 1. The first-order chi connectivity index (χ1) is 11.1. The molecule has 23 heavy (non-hydrogen) atoms. The van der Waals surface area contributed by atoms with Crippen molar-refractivity contribution in [2.45, 2.75) is 32.2 Å². The van der Waals surface area contributed by atoms with E-state index in [-0.39, 0.29) is 18.2 Å². The fourth-order valence-electron chi connectivity index (χ4n) is 2.72. The van der Waals surface area contributed by atoms with Gasteiger partial charge in [-0.1, -0.05) is 25.5 Å². The van der Waals surface area contributed by atoms with Crippen LogP contribution in [0.5, 0.6) is 0 Å². The van der Waals surface area contributed by atoms with Crippen LogP contribution in [-0.4, -0.2) is 27.9 Å². The minimum absolute atomic E-state index is 0.0663. The predicted molar refractivity (Wildman–Crippen MR) is 90.8 cm³/mol. The van der Waals surface area contributed by atoms with Gasteiger partial charge in [-0.3, -0.25) is 14.2 Å². The van der Waals surface area contributed by atoms with Crippen molar-refractivity contribution in [3.8, 4) is 0 Å². The van der Waals surface area contributed by atoms with Gasteiger partial charge in [0.25, 0.3) is 0 Å². The van der Waals surface area contributed by atoms with Gasteiger partial charge in [-0.25, -0.2) is 4.98 Å². The fourth-order valence-corrected chi connectivity index (χ4v) is 3.04. The van der Waals surface area contributed by atoms with Gasteiger partial charge in [0.2, 0.25) is 16.6 Å². The van der Waals surface area contributed by atoms with E-state index in [1.807, 2.05) is 24.3 Å². The summed E-state index contributed by atoms with van der Waals surface area (Å²) >= 11 is 5.32. The van der Waals surface area contributed by atoms with Crippen molar-refractivity contribution in [2.24, 2.45) is 0 Å². The molecule has 2 aromatic rings. The van der Waals surface area contributed by atoms with Crippen molar-refractivity contribution >= 4 is 40.8 Å². The molecule has 0 saturated heterocycles. The van der Waals surface area contributed by atoms with Gasteiger partial charge >= 0.3 is 0 Å². The molecule has 1 aliphatic rings. The Morgan fingerprint density at radius 2 is 2.22 bits per heavy atom. The molecule has 1 aromatic carbocycles. The number of hydrogen-bond acceptors (Lipinski definition) is 4. The predicted octanol–water partition coefficient (Wildman–Crippen LogP) is 2.57. The van der Waals surface area contributed by atoms with Crippen molar-refractivity contribution in [1.29, 1.82) is 0 Å². The molecule has 0 aliphatic carbocycles. The molecular weight excluding hydrogens is 312 g/mol. The monoisotopic (exact) mass is 330 g/mol. The van der Waals surface area contributed by atoms with Gasteiger partial charge < -0.3 is 10.6 Å². The van der Waals surface area contributed by atoms with E-state index in [1.54, 1.807) is 4.57 Å². The van der Waals surface area contributed by atoms with Crippen LogP contribution in [0.15, 0.2) is 24.3 Å². The Kier molecular flexibility index (Phi) is 4.38. The van der Waals surface area contributed by atoms with Crippen molar-refractivity contribution in [3.63, 3.8) is 0 Å². The highest BCUT2D eigenvalue weighted by atomic mass is 32.1. The standard InChI is InChI=1S/C16H18N4O2S/c1-2-3-8-17-13(21)9-12-15(22)19-14-10-6-4-5-7-11(10)18-16(23)20(12)14/h4-7,12H,2-3,8-9H2,1H3,(H,17,21)(H,19,22). The second kappa shape index (κ2) is 6.45. The number of nitrogens with one attached hydrogen (secondary N) is 2. The molecule has 0 bridgehead atoms. The summed E-state index contributed by atoms with van der Waals surface area (Å²) in [7, 11) is 0. The molecule has 1 unspecified atom stereocenters. The van der Waals surface area contributed by atoms with E-state index in [0.717, 1.165) is 23.7 Å². The SMILES string of the molecule is CCCCNC(=O)CC1C(=O)Nc2c3ccccc3nc(=S)n21. The van der Waals surface area contributed by atoms with Crippen molar-refractivity contribution in [2.75, 3.05) is 11.9 Å². The van der Waals surface area contributed by atoms with E-state index < -0.39 is 6.04 Å². The molecule has 2 amide bonds. The summed E-state index contributed by atoms with van der Waals surface area (Å²) in [5.74, 6) is 0.248. The quantitative estimate of drug-likeness (QED) is 0.652. The zero-order valence-electron chi connectivity index (χ0n) is 12.8. The number of carbonyl (C=O) groups excluding carboxylic acids is 2. The zero-order chi connectivity index (χ0) is 16.4. The van der Waals surface area contributed by atoms with Gasteiger partial charge in [-0.05, 0) is 30.8 Å². The number of nitrogens with zero attached hydrogens (tertiary/aromatic N) is 2. The van der Waals surface area contributed by atoms with E-state index in [1.165, 1.54) is 0 Å². The Hall–Kier alpha value is -2.28. The summed E-state index contributed by atoms with van der Waals surface area (Å²) in [6.07, 6.45) is 2.00. The van der Waals surface area contributed by atoms with Gasteiger partial charge in [0, 0.05) is 11.9 Å². The highest BCUT2D eigenvalue weighted by molar-refractivity contribution is 7.71. The van der Waals surface area contributed by atoms with Crippen LogP contribution in [0.4, 0.5) is 5.82 Å². The van der Waals surface area contributed by atoms with Crippen LogP contribution in [0.1, 0.15) is 32.2 Å². The van der Waals surface area contributed by atoms with Crippen LogP contribution in [0, 0.1) is 4.77 Å². The molecule has 2 N–H and O–H groups in total. The lowest BCUT2D eigenvalue weighted by atomic mass is 10.2. The Morgan fingerprint density at radius 3 is 3.00 bits per heavy atom. The number of benzene rings is 1. The number of aromatic nitrogens is 2. The number of amides is 2. The maximum absolute atomic E-state index is 12.3. The Balaban J connectivity index is 1.92. The Morgan fingerprint density at radius 1 is 1.43 bits per heavy atom. The normalized spacial score (nSPS) is 16.2. The zero-order valence-corrected chi connectivity index (χ0v) is 13.7. The smallest absolute Gasteiger partial charge is 0.249 e. The third kappa shape index (κ3) is 2.96. The van der Waals surface area contributed by atoms with Crippen LogP contribution < -0.4 is 10.6 Å². The molecular formula is C16H18N4O2S. The van der Waals surface area contributed by atoms with E-state index in [9.17, 15) is 9.59 Å². The Labute approximate surface area is 138 Å². The number of fused-ring (bicyclic) bond motifs is 3. The summed E-state index contributed by atoms with van der Waals surface area (Å²) < 4.78 is 1.96. The molecule has 7 heteroatoms. The van der Waals surface area contributed by atoms with Crippen LogP contribution in [0.25, 0.3) is 10.9 Å². The summed E-state index contributed by atoms with van der Waals surface area (Å²) in [6, 6.07) is 6.84. The maximum Gasteiger partial charge on any atom is 0.249 e. The van der Waals surface area contributed by atoms with Gasteiger partial charge in [-0.2, -0.15) is 0 Å². The lowest BCUT2D eigenvalue weighted by molar-refractivity contribution is -0.126. The molecule has 3 rings (SSSR count). The minimum Gasteiger partial charge on any atom is -0.356 e. The highest BCUT2D eigenvalue weighted by Crippen LogP contribution is 2.32. The van der Waals surface area contributed by atoms with Crippen LogP contribution in [0.3, 0.4) is 0 Å². The van der Waals surface area contributed by atoms with Gasteiger partial charge in [0.05, 0.1) is 11.9 Å². The number of carbonyl (C=O) groups is 2. The molecule has 1 atom stereocenters. The van der Waals surface area contributed by atoms with Gasteiger partial charge in [0.1, 0.15) is 11.9 Å². The average molecular weight is 330 g/mol. The molecule has 0 radical (unpaired) electrons. The van der Waals surface area contributed by atoms with Crippen molar-refractivity contribution in [3.05, 3.63) is 29.0 Å². The average Bonchev–Trinajstić information content (AvgIpc) is 2.85. The van der Waals surface area contributed by atoms with Crippen LogP contribution in [0.2, 0.25) is 0 Å². The third-order valence-electron chi connectivity index (χ3n) is 3.91. The number of para-hydroxylation sites is 1. The second-order valence-corrected chi connectivity index (χ2v) is 5.91. The van der Waals surface area contributed by atoms with Gasteiger partial charge in [-0.15, -0.1) is 0 Å². The van der Waals surface area contributed by atoms with E-state index in [2.05, 4.69) is 22.5 Å². The van der Waals surface area contributed by atoms with Crippen LogP contribution in [-0.2, 0) is 9.59 Å². The minimum atomic E-state index is -0.642. The lowest BCUT2D eigenvalue weighted by Crippen LogP contribution is -2.29. The molecule has 6 nitrogen and oxygen atoms in total. The largest absolute Gasteiger partial charge is 0.356 e. The molecule has 0 spiro atoms. The third-order valence-corrected chi connectivity index (χ3v) is 4.20. The van der Waals surface area contributed by atoms with Crippen LogP contribution >= 0.6 is 12.2 Å². The molecule has 2 heterocycles. The van der Waals surface area contributed by atoms with Gasteiger partial charge in [0.15, 0.2) is 0 Å². The molecule has 1 aromatic heterocycles. The first-order valence-electron chi connectivity index (χ1n) is 7.70. The summed E-state index contributed by atoms with van der Waals surface area (Å²) in [4.78, 5) is 28.7. The maximum atomic E-state index is 12.3. The highest BCUT2D eigenvalue weighted by Gasteiger charge is 2.33. The number of unbranched alkanes of at least 4 members (excludes halogenated alkanes) is 1. The lowest BCUT2D eigenvalue weighted by Gasteiger charge is -2.13. The van der Waals surface area contributed by atoms with Crippen molar-refractivity contribution in [1.82, 2.24) is 14.9 Å². The van der Waals surface area contributed by atoms with Crippen molar-refractivity contribution < 1.29 is 9.59 Å². The molecule has 120 valence electrons. The summed E-state index contributed by atoms with van der Waals surface area (Å²) in [6.45, 7) is 2.68. The molecule has 1 aliphatic heterocycles. The molecule has 0 fully saturated rings. The van der Waals surface area contributed by atoms with E-state index in [0.29, 0.717) is 17.1 Å². The number of rotatable bonds is 5. The van der Waals surface area contributed by atoms with E-state index in [4.69, 9.17) is 12.2 Å². The first-order valence-corrected chi connectivity index (χ1v) is 8.11. The summed E-state index contributed by atoms with van der Waals surface area (Å²) in [5.41, 5.74) is 0.733. The molecule has 0 saturated carbocycles. The fraction of sp³-hybridized carbons (Fsp3) is 0.375. The Bertz CT molecular complexity index is 830. The summed E-state index contributed by atoms with van der Waals surface area (Å²) in [5, 5.41) is 6.50. The van der Waals surface area contributed by atoms with E-state index >= 15 is 0 Å². The number of hydrogen-bond donors (Lipinski definition) is 2. The first kappa shape index (κ1) is 15.6.